The molecule has 0 unspecified atom stereocenters. The van der Waals surface area contributed by atoms with Crippen LogP contribution >= 0.6 is 0 Å². The second kappa shape index (κ2) is 5.48. The molecule has 0 aromatic carbocycles. The van der Waals surface area contributed by atoms with Gasteiger partial charge in [-0.15, -0.1) is 0 Å². The molecule has 0 fully saturated rings. The summed E-state index contributed by atoms with van der Waals surface area (Å²) in [7, 11) is 0. The van der Waals surface area contributed by atoms with Gasteiger partial charge in [-0.3, -0.25) is 10.2 Å². The Balaban J connectivity index is 3.38. The Morgan fingerprint density at radius 2 is 2.00 bits per heavy atom. The zero-order valence-electron chi connectivity index (χ0n) is 6.31. The van der Waals surface area contributed by atoms with Crippen molar-refractivity contribution in [2.45, 2.75) is 6.92 Å². The van der Waals surface area contributed by atoms with Crippen molar-refractivity contribution in [1.29, 1.82) is 0 Å². The van der Waals surface area contributed by atoms with Crippen LogP contribution in [0.5, 0.6) is 0 Å². The number of likely N-dealkylation sites (N-methyl/N-ethyl adjacent to an activating group) is 1. The van der Waals surface area contributed by atoms with E-state index in [0.29, 0.717) is 6.54 Å². The van der Waals surface area contributed by atoms with Gasteiger partial charge in [-0.25, -0.2) is 10.6 Å². The average molecular weight is 160 g/mol. The summed E-state index contributed by atoms with van der Waals surface area (Å²) < 4.78 is 0. The molecule has 0 heterocycles. The van der Waals surface area contributed by atoms with E-state index in [1.165, 1.54) is 0 Å². The molecule has 0 aromatic rings. The minimum Gasteiger partial charge on any atom is -0.355 e. The summed E-state index contributed by atoms with van der Waals surface area (Å²) in [5.41, 5.74) is 1.83. The minimum absolute atomic E-state index is 0.0587. The fraction of sp³-hybridized carbons (Fsp3) is 0.600. The van der Waals surface area contributed by atoms with Crippen molar-refractivity contribution in [3.63, 3.8) is 0 Å². The Hall–Kier alpha value is -1.30. The van der Waals surface area contributed by atoms with Gasteiger partial charge in [0, 0.05) is 6.54 Å². The lowest BCUT2D eigenvalue weighted by molar-refractivity contribution is -0.119. The Morgan fingerprint density at radius 3 is 2.45 bits per heavy atom. The molecule has 6 heteroatoms. The van der Waals surface area contributed by atoms with Crippen LogP contribution in [0.25, 0.3) is 0 Å². The van der Waals surface area contributed by atoms with Crippen LogP contribution in [0, 0.1) is 0 Å². The predicted octanol–water partition coefficient (Wildman–Crippen LogP) is -1.70. The smallest absolute Gasteiger partial charge is 0.329 e. The van der Waals surface area contributed by atoms with E-state index < -0.39 is 6.03 Å². The lowest BCUT2D eigenvalue weighted by Crippen LogP contribution is -2.44. The van der Waals surface area contributed by atoms with Crippen molar-refractivity contribution in [3.05, 3.63) is 0 Å². The van der Waals surface area contributed by atoms with Crippen molar-refractivity contribution in [2.75, 3.05) is 13.1 Å². The highest BCUT2D eigenvalue weighted by Gasteiger charge is 2.00. The summed E-state index contributed by atoms with van der Waals surface area (Å²) in [6, 6.07) is -0.573. The number of nitrogens with two attached hydrogens (primary N) is 1. The fourth-order valence-corrected chi connectivity index (χ4v) is 0.471. The quantitative estimate of drug-likeness (QED) is 0.225. The molecule has 11 heavy (non-hydrogen) atoms. The Labute approximate surface area is 64.5 Å². The molecule has 0 aliphatic heterocycles. The summed E-state index contributed by atoms with van der Waals surface area (Å²) in [6.07, 6.45) is 0. The average Bonchev–Trinajstić information content (AvgIpc) is 2.01. The van der Waals surface area contributed by atoms with Gasteiger partial charge in [0.05, 0.1) is 6.54 Å². The summed E-state index contributed by atoms with van der Waals surface area (Å²) in [6.45, 7) is 2.28. The van der Waals surface area contributed by atoms with Gasteiger partial charge >= 0.3 is 6.03 Å². The molecule has 5 N–H and O–H groups in total. The van der Waals surface area contributed by atoms with Gasteiger partial charge in [0.1, 0.15) is 0 Å². The summed E-state index contributed by atoms with van der Waals surface area (Å²) in [4.78, 5) is 21.1. The molecule has 0 atom stereocenters. The highest BCUT2D eigenvalue weighted by Crippen LogP contribution is 1.63. The van der Waals surface area contributed by atoms with Gasteiger partial charge in [0.25, 0.3) is 0 Å². The topological polar surface area (TPSA) is 96.2 Å². The van der Waals surface area contributed by atoms with Crippen molar-refractivity contribution in [1.82, 2.24) is 16.1 Å². The normalized spacial score (nSPS) is 8.55. The first kappa shape index (κ1) is 9.70. The van der Waals surface area contributed by atoms with E-state index in [4.69, 9.17) is 5.84 Å². The number of nitrogens with one attached hydrogen (secondary N) is 3. The van der Waals surface area contributed by atoms with Crippen LogP contribution < -0.4 is 21.9 Å². The van der Waals surface area contributed by atoms with E-state index in [0.717, 1.165) is 0 Å². The van der Waals surface area contributed by atoms with E-state index in [1.807, 2.05) is 5.43 Å². The highest BCUT2D eigenvalue weighted by molar-refractivity contribution is 5.83. The van der Waals surface area contributed by atoms with Gasteiger partial charge in [0.15, 0.2) is 0 Å². The van der Waals surface area contributed by atoms with Crippen LogP contribution in [-0.4, -0.2) is 25.0 Å². The van der Waals surface area contributed by atoms with Crippen LogP contribution in [0.4, 0.5) is 4.79 Å². The molecule has 0 saturated carbocycles. The van der Waals surface area contributed by atoms with Crippen LogP contribution in [0.2, 0.25) is 0 Å². The summed E-state index contributed by atoms with van der Waals surface area (Å²) >= 11 is 0. The van der Waals surface area contributed by atoms with Gasteiger partial charge in [-0.2, -0.15) is 0 Å². The standard InChI is InChI=1S/C5H12N4O2/c1-2-7-4(10)3-8-5(11)9-6/h2-3,6H2,1H3,(H,7,10)(H2,8,9,11). The first-order valence-corrected chi connectivity index (χ1v) is 3.21. The zero-order chi connectivity index (χ0) is 8.69. The number of urea groups is 1. The zero-order valence-corrected chi connectivity index (χ0v) is 6.31. The maximum atomic E-state index is 10.7. The van der Waals surface area contributed by atoms with Gasteiger partial charge in [0.2, 0.25) is 5.91 Å². The monoisotopic (exact) mass is 160 g/mol. The molecule has 0 rings (SSSR count). The van der Waals surface area contributed by atoms with Gasteiger partial charge in [-0.05, 0) is 6.92 Å². The van der Waals surface area contributed by atoms with E-state index in [2.05, 4.69) is 10.6 Å². The first-order valence-electron chi connectivity index (χ1n) is 3.21. The van der Waals surface area contributed by atoms with E-state index >= 15 is 0 Å². The number of rotatable bonds is 3. The molecule has 0 bridgehead atoms. The summed E-state index contributed by atoms with van der Waals surface area (Å²) in [5, 5.41) is 4.73. The minimum atomic E-state index is -0.573. The third-order valence-corrected chi connectivity index (χ3v) is 0.915. The van der Waals surface area contributed by atoms with Crippen LogP contribution in [0.3, 0.4) is 0 Å². The fourth-order valence-electron chi connectivity index (χ4n) is 0.471. The molecular formula is C5H12N4O2. The Morgan fingerprint density at radius 1 is 1.36 bits per heavy atom. The number of hydrogen-bond acceptors (Lipinski definition) is 3. The molecule has 6 nitrogen and oxygen atoms in total. The molecule has 3 amide bonds. The molecule has 0 aromatic heterocycles. The molecule has 0 saturated heterocycles. The van der Waals surface area contributed by atoms with Crippen molar-refractivity contribution >= 4 is 11.9 Å². The molecular weight excluding hydrogens is 148 g/mol. The molecule has 0 aliphatic carbocycles. The van der Waals surface area contributed by atoms with Crippen molar-refractivity contribution in [3.8, 4) is 0 Å². The maximum absolute atomic E-state index is 10.7. The van der Waals surface area contributed by atoms with Crippen LogP contribution in [0.15, 0.2) is 0 Å². The maximum Gasteiger partial charge on any atom is 0.329 e. The first-order chi connectivity index (χ1) is 5.20. The van der Waals surface area contributed by atoms with E-state index in [9.17, 15) is 9.59 Å². The Bertz CT molecular complexity index is 147. The van der Waals surface area contributed by atoms with Crippen LogP contribution in [-0.2, 0) is 4.79 Å². The van der Waals surface area contributed by atoms with E-state index in [1.54, 1.807) is 6.92 Å². The Kier molecular flexibility index (Phi) is 4.83. The van der Waals surface area contributed by atoms with Gasteiger partial charge < -0.3 is 10.6 Å². The number of hydrazine groups is 1. The third-order valence-electron chi connectivity index (χ3n) is 0.915. The number of hydrogen-bond donors (Lipinski definition) is 4. The van der Waals surface area contributed by atoms with Crippen molar-refractivity contribution < 1.29 is 9.59 Å². The second-order valence-corrected chi connectivity index (χ2v) is 1.78. The highest BCUT2D eigenvalue weighted by atomic mass is 16.2. The molecule has 0 aliphatic rings. The molecule has 0 spiro atoms. The largest absolute Gasteiger partial charge is 0.355 e. The lowest BCUT2D eigenvalue weighted by Gasteiger charge is -2.03. The van der Waals surface area contributed by atoms with Crippen molar-refractivity contribution in [2.24, 2.45) is 5.84 Å². The van der Waals surface area contributed by atoms with Gasteiger partial charge in [-0.1, -0.05) is 0 Å². The summed E-state index contributed by atoms with van der Waals surface area (Å²) in [5.74, 6) is 4.50. The second-order valence-electron chi connectivity index (χ2n) is 1.78. The predicted molar refractivity (Wildman–Crippen MR) is 39.4 cm³/mol. The molecule has 64 valence electrons. The lowest BCUT2D eigenvalue weighted by atomic mass is 10.5. The number of carbonyl (C=O) groups is 2. The number of carbonyl (C=O) groups excluding carboxylic acids is 2. The third kappa shape index (κ3) is 5.16. The SMILES string of the molecule is CCNC(=O)CNC(=O)NN. The van der Waals surface area contributed by atoms with Crippen LogP contribution in [0.1, 0.15) is 6.92 Å². The molecule has 0 radical (unpaired) electrons. The number of amides is 3. The van der Waals surface area contributed by atoms with E-state index in [-0.39, 0.29) is 12.5 Å².